The van der Waals surface area contributed by atoms with Gasteiger partial charge in [-0.15, -0.1) is 0 Å². The van der Waals surface area contributed by atoms with E-state index in [1.165, 1.54) is 0 Å². The average Bonchev–Trinajstić information content (AvgIpc) is 2.46. The zero-order valence-corrected chi connectivity index (χ0v) is 12.0. The molecule has 102 valence electrons. The van der Waals surface area contributed by atoms with Gasteiger partial charge in [-0.2, -0.15) is 0 Å². The van der Waals surface area contributed by atoms with Gasteiger partial charge < -0.3 is 4.90 Å². The lowest BCUT2D eigenvalue weighted by Crippen LogP contribution is -2.36. The summed E-state index contributed by atoms with van der Waals surface area (Å²) in [6, 6.07) is 8.17. The number of hydrogen-bond donors (Lipinski definition) is 0. The molecule has 1 aromatic carbocycles. The van der Waals surface area contributed by atoms with Crippen LogP contribution in [0.15, 0.2) is 47.8 Å². The van der Waals surface area contributed by atoms with Crippen molar-refractivity contribution in [2.24, 2.45) is 10.4 Å². The van der Waals surface area contributed by atoms with Gasteiger partial charge in [-0.25, -0.2) is 4.98 Å². The summed E-state index contributed by atoms with van der Waals surface area (Å²) in [5, 5.41) is 0. The van der Waals surface area contributed by atoms with Gasteiger partial charge in [0, 0.05) is 23.5 Å². The summed E-state index contributed by atoms with van der Waals surface area (Å²) in [4.78, 5) is 15.6. The van der Waals surface area contributed by atoms with Crippen LogP contribution in [-0.2, 0) is 0 Å². The Morgan fingerprint density at radius 2 is 1.90 bits per heavy atom. The number of nitrogens with zero attached hydrogens (tertiary/aromatic N) is 4. The summed E-state index contributed by atoms with van der Waals surface area (Å²) in [6.45, 7) is 7.32. The van der Waals surface area contributed by atoms with E-state index in [2.05, 4.69) is 41.7 Å². The summed E-state index contributed by atoms with van der Waals surface area (Å²) in [6.07, 6.45) is 5.21. The lowest BCUT2D eigenvalue weighted by molar-refractivity contribution is 0.581. The highest BCUT2D eigenvalue weighted by Gasteiger charge is 2.28. The van der Waals surface area contributed by atoms with Gasteiger partial charge in [-0.05, 0) is 12.1 Å². The molecule has 0 saturated heterocycles. The summed E-state index contributed by atoms with van der Waals surface area (Å²) in [7, 11) is 0. The minimum atomic E-state index is 0.0357. The number of rotatable bonds is 1. The van der Waals surface area contributed by atoms with Crippen molar-refractivity contribution in [1.82, 2.24) is 9.97 Å². The third-order valence-corrected chi connectivity index (χ3v) is 3.43. The summed E-state index contributed by atoms with van der Waals surface area (Å²) < 4.78 is 0. The first-order chi connectivity index (χ1) is 9.55. The fourth-order valence-electron chi connectivity index (χ4n) is 2.24. The Morgan fingerprint density at radius 1 is 1.10 bits per heavy atom. The van der Waals surface area contributed by atoms with Crippen molar-refractivity contribution in [2.75, 3.05) is 11.4 Å². The van der Waals surface area contributed by atoms with Crippen LogP contribution in [0.1, 0.15) is 20.8 Å². The van der Waals surface area contributed by atoms with Gasteiger partial charge in [-0.3, -0.25) is 9.98 Å². The second kappa shape index (κ2) is 4.71. The Hall–Kier alpha value is -2.23. The molecule has 0 N–H and O–H groups in total. The molecule has 4 nitrogen and oxygen atoms in total. The van der Waals surface area contributed by atoms with Crippen LogP contribution in [0.3, 0.4) is 0 Å². The maximum atomic E-state index is 4.82. The van der Waals surface area contributed by atoms with E-state index in [0.717, 1.165) is 29.4 Å². The first-order valence-electron chi connectivity index (χ1n) is 6.76. The van der Waals surface area contributed by atoms with Gasteiger partial charge in [-0.1, -0.05) is 32.9 Å². The molecular formula is C16H18N4. The van der Waals surface area contributed by atoms with Gasteiger partial charge in [0.1, 0.15) is 0 Å². The monoisotopic (exact) mass is 266 g/mol. The Labute approximate surface area is 119 Å². The molecular weight excluding hydrogens is 248 g/mol. The Morgan fingerprint density at radius 3 is 2.60 bits per heavy atom. The molecule has 0 radical (unpaired) electrons. The number of aromatic nitrogens is 2. The Bertz CT molecular complexity index is 641. The van der Waals surface area contributed by atoms with E-state index in [1.807, 2.05) is 18.2 Å². The third-order valence-electron chi connectivity index (χ3n) is 3.43. The van der Waals surface area contributed by atoms with Crippen LogP contribution in [0.25, 0.3) is 0 Å². The van der Waals surface area contributed by atoms with E-state index < -0.39 is 0 Å². The van der Waals surface area contributed by atoms with Crippen molar-refractivity contribution < 1.29 is 0 Å². The predicted octanol–water partition coefficient (Wildman–Crippen LogP) is 3.75. The molecule has 0 aliphatic carbocycles. The molecule has 4 heteroatoms. The van der Waals surface area contributed by atoms with Crippen molar-refractivity contribution in [1.29, 1.82) is 0 Å². The molecule has 0 bridgehead atoms. The molecule has 0 amide bonds. The number of anilines is 2. The molecule has 0 fully saturated rings. The molecule has 1 aliphatic heterocycles. The molecule has 3 rings (SSSR count). The highest BCUT2D eigenvalue weighted by Crippen LogP contribution is 2.38. The third kappa shape index (κ3) is 2.29. The summed E-state index contributed by atoms with van der Waals surface area (Å²) >= 11 is 0. The van der Waals surface area contributed by atoms with Crippen LogP contribution in [0, 0.1) is 5.41 Å². The van der Waals surface area contributed by atoms with Gasteiger partial charge in [0.2, 0.25) is 0 Å². The van der Waals surface area contributed by atoms with Gasteiger partial charge >= 0.3 is 0 Å². The topological polar surface area (TPSA) is 41.4 Å². The minimum Gasteiger partial charge on any atom is -0.317 e. The smallest absolute Gasteiger partial charge is 0.151 e. The van der Waals surface area contributed by atoms with Crippen LogP contribution in [0.5, 0.6) is 0 Å². The van der Waals surface area contributed by atoms with E-state index >= 15 is 0 Å². The lowest BCUT2D eigenvalue weighted by Gasteiger charge is -2.34. The zero-order valence-electron chi connectivity index (χ0n) is 12.0. The molecule has 2 heterocycles. The number of hydrogen-bond acceptors (Lipinski definition) is 4. The second-order valence-electron chi connectivity index (χ2n) is 5.95. The molecule has 0 spiro atoms. The predicted molar refractivity (Wildman–Crippen MR) is 82.0 cm³/mol. The van der Waals surface area contributed by atoms with Gasteiger partial charge in [0.25, 0.3) is 0 Å². The highest BCUT2D eigenvalue weighted by molar-refractivity contribution is 6.00. The van der Waals surface area contributed by atoms with Crippen molar-refractivity contribution in [3.63, 3.8) is 0 Å². The quantitative estimate of drug-likeness (QED) is 0.789. The van der Waals surface area contributed by atoms with E-state index in [9.17, 15) is 0 Å². The first kappa shape index (κ1) is 12.8. The van der Waals surface area contributed by atoms with Crippen molar-refractivity contribution in [3.05, 3.63) is 42.9 Å². The van der Waals surface area contributed by atoms with E-state index in [-0.39, 0.29) is 5.41 Å². The largest absolute Gasteiger partial charge is 0.317 e. The van der Waals surface area contributed by atoms with E-state index in [0.29, 0.717) is 0 Å². The van der Waals surface area contributed by atoms with Crippen molar-refractivity contribution in [3.8, 4) is 0 Å². The van der Waals surface area contributed by atoms with Crippen LogP contribution < -0.4 is 4.90 Å². The van der Waals surface area contributed by atoms with Crippen molar-refractivity contribution >= 4 is 22.9 Å². The summed E-state index contributed by atoms with van der Waals surface area (Å²) in [5.41, 5.74) is 3.27. The van der Waals surface area contributed by atoms with Gasteiger partial charge in [0.15, 0.2) is 5.82 Å². The zero-order chi connectivity index (χ0) is 14.2. The van der Waals surface area contributed by atoms with Crippen LogP contribution >= 0.6 is 0 Å². The fraction of sp³-hybridized carbons (Fsp3) is 0.312. The maximum Gasteiger partial charge on any atom is 0.151 e. The summed E-state index contributed by atoms with van der Waals surface area (Å²) in [5.74, 6) is 0.858. The van der Waals surface area contributed by atoms with Crippen LogP contribution in [-0.4, -0.2) is 22.2 Å². The van der Waals surface area contributed by atoms with E-state index in [1.54, 1.807) is 18.6 Å². The van der Waals surface area contributed by atoms with Crippen LogP contribution in [0.4, 0.5) is 17.2 Å². The minimum absolute atomic E-state index is 0.0357. The van der Waals surface area contributed by atoms with E-state index in [4.69, 9.17) is 4.99 Å². The Balaban J connectivity index is 2.11. The molecule has 20 heavy (non-hydrogen) atoms. The van der Waals surface area contributed by atoms with Gasteiger partial charge in [0.05, 0.1) is 24.1 Å². The Kier molecular flexibility index (Phi) is 3.01. The molecule has 0 unspecified atom stereocenters. The van der Waals surface area contributed by atoms with Crippen molar-refractivity contribution in [2.45, 2.75) is 20.8 Å². The SMILES string of the molecule is CC(C)(C)C1=Nc2ccccc2N(c2cnccn2)C1. The molecule has 1 aliphatic rings. The molecule has 2 aromatic rings. The standard InChI is InChI=1S/C16H18N4/c1-16(2,3)14-11-20(15-10-17-8-9-18-15)13-7-5-4-6-12(13)19-14/h4-10H,11H2,1-3H3. The first-order valence-corrected chi connectivity index (χ1v) is 6.76. The highest BCUT2D eigenvalue weighted by atomic mass is 15.2. The average molecular weight is 266 g/mol. The maximum absolute atomic E-state index is 4.82. The lowest BCUT2D eigenvalue weighted by atomic mass is 9.88. The molecule has 0 atom stereocenters. The second-order valence-corrected chi connectivity index (χ2v) is 5.95. The fourth-order valence-corrected chi connectivity index (χ4v) is 2.24. The number of para-hydroxylation sites is 2. The van der Waals surface area contributed by atoms with Crippen LogP contribution in [0.2, 0.25) is 0 Å². The number of aliphatic imine (C=N–C) groups is 1. The number of fused-ring (bicyclic) bond motifs is 1. The molecule has 1 aromatic heterocycles. The number of benzene rings is 1. The normalized spacial score (nSPS) is 14.8. The molecule has 0 saturated carbocycles.